The number of rotatable bonds is 4. The first-order chi connectivity index (χ1) is 7.84. The van der Waals surface area contributed by atoms with Gasteiger partial charge in [-0.05, 0) is 57.4 Å². The van der Waals surface area contributed by atoms with E-state index in [1.54, 1.807) is 0 Å². The molecule has 0 atom stereocenters. The Labute approximate surface area is 99.1 Å². The van der Waals surface area contributed by atoms with Crippen molar-refractivity contribution in [3.63, 3.8) is 0 Å². The summed E-state index contributed by atoms with van der Waals surface area (Å²) in [6.45, 7) is 3.14. The third kappa shape index (κ3) is 4.04. The van der Waals surface area contributed by atoms with Crippen LogP contribution in [0.1, 0.15) is 44.9 Å². The van der Waals surface area contributed by atoms with Crippen molar-refractivity contribution in [2.45, 2.75) is 57.0 Å². The molecule has 0 bridgehead atoms. The van der Waals surface area contributed by atoms with E-state index in [0.29, 0.717) is 6.04 Å². The second-order valence-electron chi connectivity index (χ2n) is 5.41. The molecule has 2 rings (SSSR count). The van der Waals surface area contributed by atoms with Crippen LogP contribution in [0.25, 0.3) is 0 Å². The van der Waals surface area contributed by atoms with Crippen molar-refractivity contribution in [3.8, 4) is 0 Å². The molecule has 0 radical (unpaired) electrons. The molecule has 16 heavy (non-hydrogen) atoms. The van der Waals surface area contributed by atoms with Crippen LogP contribution in [-0.2, 0) is 4.74 Å². The Morgan fingerprint density at radius 2 is 1.69 bits per heavy atom. The van der Waals surface area contributed by atoms with Gasteiger partial charge in [0, 0.05) is 25.3 Å². The van der Waals surface area contributed by atoms with Crippen molar-refractivity contribution in [1.82, 2.24) is 5.32 Å². The van der Waals surface area contributed by atoms with E-state index >= 15 is 0 Å². The molecule has 1 heterocycles. The Morgan fingerprint density at radius 1 is 1.00 bits per heavy atom. The number of nitrogens with one attached hydrogen (secondary N) is 1. The van der Waals surface area contributed by atoms with Crippen LogP contribution in [0, 0.1) is 5.92 Å². The van der Waals surface area contributed by atoms with Crippen LogP contribution in [0.5, 0.6) is 0 Å². The standard InChI is InChI=1S/C13H26N2O/c14-12-1-3-13(4-2-12)15-8-5-11-6-9-16-10-7-11/h11-13,15H,1-10,14H2. The fourth-order valence-electron chi connectivity index (χ4n) is 2.85. The fraction of sp³-hybridized carbons (Fsp3) is 1.00. The Balaban J connectivity index is 1.53. The lowest BCUT2D eigenvalue weighted by atomic mass is 9.91. The summed E-state index contributed by atoms with van der Waals surface area (Å²) >= 11 is 0. The van der Waals surface area contributed by atoms with Crippen LogP contribution in [0.4, 0.5) is 0 Å². The van der Waals surface area contributed by atoms with Crippen LogP contribution < -0.4 is 11.1 Å². The smallest absolute Gasteiger partial charge is 0.0468 e. The third-order valence-electron chi connectivity index (χ3n) is 4.10. The summed E-state index contributed by atoms with van der Waals surface area (Å²) in [6, 6.07) is 1.20. The Bertz CT molecular complexity index is 184. The minimum atomic E-state index is 0.466. The predicted molar refractivity (Wildman–Crippen MR) is 66.4 cm³/mol. The predicted octanol–water partition coefficient (Wildman–Crippen LogP) is 1.66. The highest BCUT2D eigenvalue weighted by molar-refractivity contribution is 4.79. The molecule has 94 valence electrons. The van der Waals surface area contributed by atoms with Crippen LogP contribution >= 0.6 is 0 Å². The number of nitrogens with two attached hydrogens (primary N) is 1. The summed E-state index contributed by atoms with van der Waals surface area (Å²) < 4.78 is 5.37. The van der Waals surface area contributed by atoms with E-state index in [9.17, 15) is 0 Å². The van der Waals surface area contributed by atoms with Gasteiger partial charge in [0.15, 0.2) is 0 Å². The van der Waals surface area contributed by atoms with E-state index in [1.165, 1.54) is 51.5 Å². The van der Waals surface area contributed by atoms with Crippen molar-refractivity contribution < 1.29 is 4.74 Å². The molecule has 0 unspecified atom stereocenters. The van der Waals surface area contributed by atoms with E-state index in [4.69, 9.17) is 10.5 Å². The molecule has 0 amide bonds. The van der Waals surface area contributed by atoms with Gasteiger partial charge in [0.25, 0.3) is 0 Å². The zero-order chi connectivity index (χ0) is 11.2. The average Bonchev–Trinajstić information content (AvgIpc) is 2.33. The fourth-order valence-corrected chi connectivity index (χ4v) is 2.85. The molecule has 0 aromatic carbocycles. The van der Waals surface area contributed by atoms with E-state index in [-0.39, 0.29) is 0 Å². The van der Waals surface area contributed by atoms with Gasteiger partial charge in [0.1, 0.15) is 0 Å². The maximum absolute atomic E-state index is 5.90. The van der Waals surface area contributed by atoms with Crippen LogP contribution in [0.3, 0.4) is 0 Å². The molecule has 1 aliphatic carbocycles. The molecular weight excluding hydrogens is 200 g/mol. The second-order valence-corrected chi connectivity index (χ2v) is 5.41. The van der Waals surface area contributed by atoms with E-state index < -0.39 is 0 Å². The molecule has 1 aliphatic heterocycles. The quantitative estimate of drug-likeness (QED) is 0.766. The van der Waals surface area contributed by atoms with Crippen molar-refractivity contribution >= 4 is 0 Å². The normalized spacial score (nSPS) is 32.8. The SMILES string of the molecule is NC1CCC(NCCC2CCOCC2)CC1. The summed E-state index contributed by atoms with van der Waals surface area (Å²) in [5, 5.41) is 3.69. The molecule has 0 spiro atoms. The topological polar surface area (TPSA) is 47.3 Å². The van der Waals surface area contributed by atoms with Gasteiger partial charge in [-0.15, -0.1) is 0 Å². The van der Waals surface area contributed by atoms with Crippen LogP contribution in [-0.4, -0.2) is 31.8 Å². The molecule has 0 aromatic rings. The van der Waals surface area contributed by atoms with E-state index in [0.717, 1.165) is 25.2 Å². The van der Waals surface area contributed by atoms with E-state index in [1.807, 2.05) is 0 Å². The van der Waals surface area contributed by atoms with Crippen LogP contribution in [0.15, 0.2) is 0 Å². The highest BCUT2D eigenvalue weighted by Crippen LogP contribution is 2.19. The summed E-state index contributed by atoms with van der Waals surface area (Å²) in [5.41, 5.74) is 5.90. The van der Waals surface area contributed by atoms with Crippen molar-refractivity contribution in [1.29, 1.82) is 0 Å². The summed E-state index contributed by atoms with van der Waals surface area (Å²) in [6.07, 6.45) is 8.80. The lowest BCUT2D eigenvalue weighted by Gasteiger charge is -2.28. The first-order valence-corrected chi connectivity index (χ1v) is 6.91. The van der Waals surface area contributed by atoms with Gasteiger partial charge in [-0.25, -0.2) is 0 Å². The molecular formula is C13H26N2O. The second kappa shape index (κ2) is 6.58. The van der Waals surface area contributed by atoms with Crippen molar-refractivity contribution in [3.05, 3.63) is 0 Å². The van der Waals surface area contributed by atoms with Gasteiger partial charge >= 0.3 is 0 Å². The Morgan fingerprint density at radius 3 is 2.38 bits per heavy atom. The van der Waals surface area contributed by atoms with Gasteiger partial charge < -0.3 is 15.8 Å². The maximum atomic E-state index is 5.90. The van der Waals surface area contributed by atoms with Crippen molar-refractivity contribution in [2.24, 2.45) is 11.7 Å². The molecule has 1 saturated carbocycles. The monoisotopic (exact) mass is 226 g/mol. The van der Waals surface area contributed by atoms with Gasteiger partial charge in [0.05, 0.1) is 0 Å². The summed E-state index contributed by atoms with van der Waals surface area (Å²) in [4.78, 5) is 0. The molecule has 2 fully saturated rings. The first-order valence-electron chi connectivity index (χ1n) is 6.91. The first kappa shape index (κ1) is 12.3. The minimum absolute atomic E-state index is 0.466. The number of ether oxygens (including phenoxy) is 1. The van der Waals surface area contributed by atoms with Crippen molar-refractivity contribution in [2.75, 3.05) is 19.8 Å². The zero-order valence-corrected chi connectivity index (χ0v) is 10.3. The highest BCUT2D eigenvalue weighted by atomic mass is 16.5. The number of hydrogen-bond acceptors (Lipinski definition) is 3. The largest absolute Gasteiger partial charge is 0.381 e. The lowest BCUT2D eigenvalue weighted by molar-refractivity contribution is 0.0636. The summed E-state index contributed by atoms with van der Waals surface area (Å²) in [7, 11) is 0. The van der Waals surface area contributed by atoms with Crippen LogP contribution in [0.2, 0.25) is 0 Å². The molecule has 3 N–H and O–H groups in total. The maximum Gasteiger partial charge on any atom is 0.0468 e. The lowest BCUT2D eigenvalue weighted by Crippen LogP contribution is -2.38. The molecule has 3 nitrogen and oxygen atoms in total. The third-order valence-corrected chi connectivity index (χ3v) is 4.10. The Kier molecular flexibility index (Phi) is 5.07. The minimum Gasteiger partial charge on any atom is -0.381 e. The van der Waals surface area contributed by atoms with E-state index in [2.05, 4.69) is 5.32 Å². The van der Waals surface area contributed by atoms with Gasteiger partial charge in [-0.2, -0.15) is 0 Å². The van der Waals surface area contributed by atoms with Gasteiger partial charge in [0.2, 0.25) is 0 Å². The van der Waals surface area contributed by atoms with Gasteiger partial charge in [-0.3, -0.25) is 0 Å². The summed E-state index contributed by atoms with van der Waals surface area (Å²) in [5.74, 6) is 0.895. The Hall–Kier alpha value is -0.120. The molecule has 1 saturated heterocycles. The molecule has 2 aliphatic rings. The average molecular weight is 226 g/mol. The zero-order valence-electron chi connectivity index (χ0n) is 10.3. The molecule has 3 heteroatoms. The molecule has 0 aromatic heterocycles. The highest BCUT2D eigenvalue weighted by Gasteiger charge is 2.18. The number of hydrogen-bond donors (Lipinski definition) is 2. The van der Waals surface area contributed by atoms with Gasteiger partial charge in [-0.1, -0.05) is 0 Å².